The van der Waals surface area contributed by atoms with Crippen LogP contribution in [0.3, 0.4) is 0 Å². The lowest BCUT2D eigenvalue weighted by Crippen LogP contribution is -2.03. The number of allylic oxidation sites excluding steroid dienone is 1. The average Bonchev–Trinajstić information content (AvgIpc) is 3.44. The van der Waals surface area contributed by atoms with Crippen molar-refractivity contribution in [3.8, 4) is 11.3 Å². The first-order chi connectivity index (χ1) is 15.6. The zero-order valence-electron chi connectivity index (χ0n) is 17.2. The predicted molar refractivity (Wildman–Crippen MR) is 127 cm³/mol. The lowest BCUT2D eigenvalue weighted by atomic mass is 10.0. The summed E-state index contributed by atoms with van der Waals surface area (Å²) in [5.74, 6) is 1.21. The number of aryl methyl sites for hydroxylation is 1. The van der Waals surface area contributed by atoms with Crippen molar-refractivity contribution in [2.24, 2.45) is 0 Å². The number of halogens is 1. The number of oxazole rings is 1. The normalized spacial score (nSPS) is 11.8. The Kier molecular flexibility index (Phi) is 5.21. The van der Waals surface area contributed by atoms with Crippen molar-refractivity contribution in [3.05, 3.63) is 113 Å². The third-order valence-corrected chi connectivity index (χ3v) is 5.34. The van der Waals surface area contributed by atoms with Crippen molar-refractivity contribution < 1.29 is 13.6 Å². The first-order valence-electron chi connectivity index (χ1n) is 10.1. The van der Waals surface area contributed by atoms with Crippen LogP contribution in [0.1, 0.15) is 27.6 Å². The second-order valence-electron chi connectivity index (χ2n) is 7.45. The zero-order valence-corrected chi connectivity index (χ0v) is 18.0. The average molecular weight is 440 g/mol. The summed E-state index contributed by atoms with van der Waals surface area (Å²) in [4.78, 5) is 18.0. The van der Waals surface area contributed by atoms with Gasteiger partial charge >= 0.3 is 0 Å². The minimum Gasteiger partial charge on any atom is -0.457 e. The molecule has 32 heavy (non-hydrogen) atoms. The number of benzene rings is 3. The molecule has 0 atom stereocenters. The Bertz CT molecular complexity index is 1420. The number of aromatic nitrogens is 1. The minimum atomic E-state index is -0.197. The number of ketones is 1. The maximum Gasteiger partial charge on any atom is 0.231 e. The minimum absolute atomic E-state index is 0.197. The molecule has 0 unspecified atom stereocenters. The zero-order chi connectivity index (χ0) is 22.1. The van der Waals surface area contributed by atoms with Gasteiger partial charge in [0.2, 0.25) is 5.89 Å². The molecule has 0 bridgehead atoms. The molecule has 0 aliphatic carbocycles. The number of fused-ring (bicyclic) bond motifs is 1. The molecule has 5 heteroatoms. The number of hydrogen-bond donors (Lipinski definition) is 0. The molecule has 0 spiro atoms. The summed E-state index contributed by atoms with van der Waals surface area (Å²) in [5.41, 5.74) is 4.09. The molecule has 156 valence electrons. The molecule has 0 aliphatic rings. The number of carbonyl (C=O) groups is 1. The van der Waals surface area contributed by atoms with Crippen LogP contribution in [-0.2, 0) is 0 Å². The highest BCUT2D eigenvalue weighted by atomic mass is 35.5. The number of furan rings is 1. The maximum absolute atomic E-state index is 13.4. The van der Waals surface area contributed by atoms with Crippen molar-refractivity contribution in [2.75, 3.05) is 0 Å². The van der Waals surface area contributed by atoms with Gasteiger partial charge < -0.3 is 8.83 Å². The summed E-state index contributed by atoms with van der Waals surface area (Å²) in [6, 6.07) is 25.9. The lowest BCUT2D eigenvalue weighted by molar-refractivity contribution is 0.105. The van der Waals surface area contributed by atoms with Gasteiger partial charge in [0.1, 0.15) is 17.0 Å². The highest BCUT2D eigenvalue weighted by Gasteiger charge is 2.21. The quantitative estimate of drug-likeness (QED) is 0.210. The van der Waals surface area contributed by atoms with Gasteiger partial charge in [0, 0.05) is 16.1 Å². The van der Waals surface area contributed by atoms with Crippen LogP contribution >= 0.6 is 11.6 Å². The van der Waals surface area contributed by atoms with Crippen molar-refractivity contribution >= 4 is 40.1 Å². The van der Waals surface area contributed by atoms with E-state index in [1.54, 1.807) is 30.3 Å². The summed E-state index contributed by atoms with van der Waals surface area (Å²) in [6.07, 6.45) is 1.67. The Morgan fingerprint density at radius 1 is 0.906 bits per heavy atom. The Morgan fingerprint density at radius 2 is 1.72 bits per heavy atom. The maximum atomic E-state index is 13.4. The van der Waals surface area contributed by atoms with Gasteiger partial charge in [0.25, 0.3) is 0 Å². The summed E-state index contributed by atoms with van der Waals surface area (Å²) < 4.78 is 11.9. The second-order valence-corrected chi connectivity index (χ2v) is 7.89. The Labute approximate surface area is 189 Å². The van der Waals surface area contributed by atoms with Crippen LogP contribution in [0.5, 0.6) is 0 Å². The van der Waals surface area contributed by atoms with Gasteiger partial charge in [0.05, 0.1) is 5.57 Å². The van der Waals surface area contributed by atoms with Crippen molar-refractivity contribution in [2.45, 2.75) is 6.92 Å². The standard InChI is InChI=1S/C27H18ClNO3/c1-17-9-11-18(12-10-17)26(30)22(27-29-23-7-2-3-8-25(23)32-27)16-21-13-14-24(31-21)19-5-4-6-20(28)15-19/h2-16H,1H3/b22-16-. The molecule has 5 rings (SSSR count). The number of hydrogen-bond acceptors (Lipinski definition) is 4. The summed E-state index contributed by atoms with van der Waals surface area (Å²) in [6.45, 7) is 1.98. The third-order valence-electron chi connectivity index (χ3n) is 5.11. The Balaban J connectivity index is 1.60. The second kappa shape index (κ2) is 8.33. The number of Topliss-reactive ketones (excluding diaryl/α,β-unsaturated/α-hetero) is 1. The van der Waals surface area contributed by atoms with Crippen LogP contribution in [0.15, 0.2) is 93.8 Å². The van der Waals surface area contributed by atoms with E-state index in [0.29, 0.717) is 38.8 Å². The van der Waals surface area contributed by atoms with E-state index in [0.717, 1.165) is 11.1 Å². The number of carbonyl (C=O) groups excluding carboxylic acids is 1. The Morgan fingerprint density at radius 3 is 2.50 bits per heavy atom. The molecule has 5 aromatic rings. The molecular formula is C27H18ClNO3. The monoisotopic (exact) mass is 439 g/mol. The van der Waals surface area contributed by atoms with Crippen LogP contribution in [0.4, 0.5) is 0 Å². The van der Waals surface area contributed by atoms with E-state index in [-0.39, 0.29) is 11.7 Å². The number of nitrogens with zero attached hydrogens (tertiary/aromatic N) is 1. The summed E-state index contributed by atoms with van der Waals surface area (Å²) >= 11 is 6.11. The predicted octanol–water partition coefficient (Wildman–Crippen LogP) is 7.47. The van der Waals surface area contributed by atoms with Crippen molar-refractivity contribution in [3.63, 3.8) is 0 Å². The van der Waals surface area contributed by atoms with Crippen molar-refractivity contribution in [1.82, 2.24) is 4.98 Å². The van der Waals surface area contributed by atoms with Gasteiger partial charge in [-0.1, -0.05) is 65.7 Å². The van der Waals surface area contributed by atoms with E-state index in [9.17, 15) is 4.79 Å². The first kappa shape index (κ1) is 20.0. The fraction of sp³-hybridized carbons (Fsp3) is 0.0370. The molecule has 2 aromatic heterocycles. The van der Waals surface area contributed by atoms with Crippen molar-refractivity contribution in [1.29, 1.82) is 0 Å². The molecule has 0 saturated carbocycles. The van der Waals surface area contributed by atoms with Crippen LogP contribution in [0.2, 0.25) is 5.02 Å². The van der Waals surface area contributed by atoms with Gasteiger partial charge in [-0.15, -0.1) is 0 Å². The van der Waals surface area contributed by atoms with Gasteiger partial charge in [-0.2, -0.15) is 0 Å². The van der Waals surface area contributed by atoms with Crippen LogP contribution in [0, 0.1) is 6.92 Å². The van der Waals surface area contributed by atoms with E-state index in [1.807, 2.05) is 67.6 Å². The van der Waals surface area contributed by atoms with E-state index < -0.39 is 0 Å². The van der Waals surface area contributed by atoms with E-state index in [2.05, 4.69) is 4.98 Å². The van der Waals surface area contributed by atoms with Gasteiger partial charge in [-0.25, -0.2) is 4.98 Å². The van der Waals surface area contributed by atoms with E-state index in [4.69, 9.17) is 20.4 Å². The van der Waals surface area contributed by atoms with Gasteiger partial charge in [0.15, 0.2) is 11.4 Å². The molecule has 2 heterocycles. The van der Waals surface area contributed by atoms with Crippen LogP contribution in [-0.4, -0.2) is 10.8 Å². The summed E-state index contributed by atoms with van der Waals surface area (Å²) in [5, 5.41) is 0.623. The van der Waals surface area contributed by atoms with Crippen LogP contribution in [0.25, 0.3) is 34.1 Å². The topological polar surface area (TPSA) is 56.2 Å². The highest BCUT2D eigenvalue weighted by Crippen LogP contribution is 2.29. The fourth-order valence-electron chi connectivity index (χ4n) is 3.44. The van der Waals surface area contributed by atoms with E-state index in [1.165, 1.54) is 0 Å². The molecule has 0 amide bonds. The molecular weight excluding hydrogens is 422 g/mol. The molecule has 0 aliphatic heterocycles. The van der Waals surface area contributed by atoms with Crippen LogP contribution < -0.4 is 0 Å². The summed E-state index contributed by atoms with van der Waals surface area (Å²) in [7, 11) is 0. The molecule has 4 nitrogen and oxygen atoms in total. The third kappa shape index (κ3) is 4.01. The van der Waals surface area contributed by atoms with Gasteiger partial charge in [-0.3, -0.25) is 4.79 Å². The molecule has 3 aromatic carbocycles. The molecule has 0 saturated heterocycles. The number of para-hydroxylation sites is 2. The number of rotatable bonds is 5. The highest BCUT2D eigenvalue weighted by molar-refractivity contribution is 6.31. The lowest BCUT2D eigenvalue weighted by Gasteiger charge is -2.04. The fourth-order valence-corrected chi connectivity index (χ4v) is 3.63. The Hall–Kier alpha value is -3.89. The smallest absolute Gasteiger partial charge is 0.231 e. The van der Waals surface area contributed by atoms with Gasteiger partial charge in [-0.05, 0) is 49.4 Å². The first-order valence-corrected chi connectivity index (χ1v) is 10.5. The van der Waals surface area contributed by atoms with E-state index >= 15 is 0 Å². The molecule has 0 fully saturated rings. The SMILES string of the molecule is Cc1ccc(C(=O)/C(=C/c2ccc(-c3cccc(Cl)c3)o2)c2nc3ccccc3o2)cc1. The molecule has 0 N–H and O–H groups in total. The molecule has 0 radical (unpaired) electrons. The largest absolute Gasteiger partial charge is 0.457 e.